The molecule has 0 amide bonds. The van der Waals surface area contributed by atoms with Gasteiger partial charge in [0.15, 0.2) is 8.32 Å². The zero-order chi connectivity index (χ0) is 20.8. The molecule has 3 atom stereocenters. The van der Waals surface area contributed by atoms with Gasteiger partial charge < -0.3 is 13.9 Å². The van der Waals surface area contributed by atoms with Gasteiger partial charge in [0.05, 0.1) is 19.8 Å². The van der Waals surface area contributed by atoms with E-state index in [0.717, 1.165) is 11.3 Å². The number of hydrogen-bond donors (Lipinski definition) is 0. The molecule has 154 valence electrons. The number of methoxy groups -OCH3 is 1. The van der Waals surface area contributed by atoms with Crippen LogP contribution in [0.4, 0.5) is 0 Å². The maximum absolute atomic E-state index is 12.0. The van der Waals surface area contributed by atoms with Crippen LogP contribution in [0.5, 0.6) is 5.75 Å². The molecular formula is C22H38O4Si. The molecule has 0 spiro atoms. The highest BCUT2D eigenvalue weighted by Crippen LogP contribution is 2.37. The Hall–Kier alpha value is -1.17. The normalized spacial score (nSPS) is 15.9. The summed E-state index contributed by atoms with van der Waals surface area (Å²) in [5, 5.41) is 0.165. The van der Waals surface area contributed by atoms with Gasteiger partial charge in [-0.15, -0.1) is 0 Å². The smallest absolute Gasteiger partial charge is 0.191 e. The van der Waals surface area contributed by atoms with E-state index < -0.39 is 8.32 Å². The van der Waals surface area contributed by atoms with Crippen LogP contribution in [-0.4, -0.2) is 33.9 Å². The van der Waals surface area contributed by atoms with E-state index in [0.29, 0.717) is 13.2 Å². The number of benzene rings is 1. The molecule has 0 aliphatic heterocycles. The summed E-state index contributed by atoms with van der Waals surface area (Å²) in [6.07, 6.45) is -0.172. The molecule has 0 heterocycles. The Morgan fingerprint density at radius 3 is 2.11 bits per heavy atom. The minimum absolute atomic E-state index is 0.135. The lowest BCUT2D eigenvalue weighted by Gasteiger charge is -2.38. The SMILES string of the molecule is COc1ccc(CO[C@H]([C@H](C)CO[Si](C)(C)C(C)(C)C)[C@@H](C)C(C)=O)cc1. The second-order valence-corrected chi connectivity index (χ2v) is 13.9. The van der Waals surface area contributed by atoms with Crippen molar-refractivity contribution in [3.63, 3.8) is 0 Å². The van der Waals surface area contributed by atoms with Crippen LogP contribution in [0.3, 0.4) is 0 Å². The predicted molar refractivity (Wildman–Crippen MR) is 114 cm³/mol. The highest BCUT2D eigenvalue weighted by atomic mass is 28.4. The molecule has 1 rings (SSSR count). The van der Waals surface area contributed by atoms with E-state index in [1.807, 2.05) is 31.2 Å². The first kappa shape index (κ1) is 23.9. The van der Waals surface area contributed by atoms with Gasteiger partial charge >= 0.3 is 0 Å². The van der Waals surface area contributed by atoms with Crippen LogP contribution >= 0.6 is 0 Å². The molecule has 27 heavy (non-hydrogen) atoms. The molecule has 0 N–H and O–H groups in total. The van der Waals surface area contributed by atoms with Crippen LogP contribution in [-0.2, 0) is 20.6 Å². The molecule has 4 nitrogen and oxygen atoms in total. The lowest BCUT2D eigenvalue weighted by atomic mass is 9.91. The molecule has 5 heteroatoms. The molecule has 1 aromatic carbocycles. The van der Waals surface area contributed by atoms with E-state index >= 15 is 0 Å². The monoisotopic (exact) mass is 394 g/mol. The first-order chi connectivity index (χ1) is 12.4. The Bertz CT molecular complexity index is 589. The maximum Gasteiger partial charge on any atom is 0.191 e. The minimum atomic E-state index is -1.83. The van der Waals surface area contributed by atoms with Crippen molar-refractivity contribution >= 4 is 14.1 Å². The first-order valence-electron chi connectivity index (χ1n) is 9.78. The van der Waals surface area contributed by atoms with Crippen molar-refractivity contribution < 1.29 is 18.7 Å². The summed E-state index contributed by atoms with van der Waals surface area (Å²) in [4.78, 5) is 12.0. The van der Waals surface area contributed by atoms with Crippen LogP contribution < -0.4 is 4.74 Å². The third-order valence-electron chi connectivity index (χ3n) is 5.81. The van der Waals surface area contributed by atoms with Crippen LogP contribution in [0.1, 0.15) is 47.1 Å². The molecule has 0 aromatic heterocycles. The lowest BCUT2D eigenvalue weighted by Crippen LogP contribution is -2.44. The summed E-state index contributed by atoms with van der Waals surface area (Å²) < 4.78 is 17.8. The van der Waals surface area contributed by atoms with E-state index in [1.165, 1.54) is 0 Å². The van der Waals surface area contributed by atoms with E-state index in [2.05, 4.69) is 40.8 Å². The largest absolute Gasteiger partial charge is 0.497 e. The topological polar surface area (TPSA) is 44.8 Å². The standard InChI is InChI=1S/C22H38O4Si/c1-16(14-26-27(8,9)22(4,5)6)21(17(2)18(3)23)25-15-19-10-12-20(24-7)13-11-19/h10-13,16-17,21H,14-15H2,1-9H3/t16-,17+,21-/m1/s1. The Labute approximate surface area is 166 Å². The van der Waals surface area contributed by atoms with Gasteiger partial charge in [-0.05, 0) is 42.8 Å². The van der Waals surface area contributed by atoms with Crippen molar-refractivity contribution in [3.8, 4) is 5.75 Å². The third kappa shape index (κ3) is 7.05. The van der Waals surface area contributed by atoms with Gasteiger partial charge in [-0.3, -0.25) is 4.79 Å². The Balaban J connectivity index is 2.79. The summed E-state index contributed by atoms with van der Waals surface area (Å²) in [5.74, 6) is 0.940. The van der Waals surface area contributed by atoms with Gasteiger partial charge in [-0.1, -0.05) is 46.8 Å². The summed E-state index contributed by atoms with van der Waals surface area (Å²) in [6, 6.07) is 7.83. The second kappa shape index (κ2) is 9.85. The number of hydrogen-bond acceptors (Lipinski definition) is 4. The van der Waals surface area contributed by atoms with E-state index in [4.69, 9.17) is 13.9 Å². The zero-order valence-electron chi connectivity index (χ0n) is 18.6. The average Bonchev–Trinajstić information content (AvgIpc) is 2.59. The maximum atomic E-state index is 12.0. The fourth-order valence-corrected chi connectivity index (χ4v) is 3.71. The molecule has 0 unspecified atom stereocenters. The summed E-state index contributed by atoms with van der Waals surface area (Å²) >= 11 is 0. The second-order valence-electron chi connectivity index (χ2n) is 9.07. The van der Waals surface area contributed by atoms with E-state index in [-0.39, 0.29) is 28.8 Å². The molecular weight excluding hydrogens is 356 g/mol. The zero-order valence-corrected chi connectivity index (χ0v) is 19.6. The molecule has 0 radical (unpaired) electrons. The van der Waals surface area contributed by atoms with Gasteiger partial charge in [0, 0.05) is 18.4 Å². The Kier molecular flexibility index (Phi) is 8.71. The fourth-order valence-electron chi connectivity index (χ4n) is 2.60. The van der Waals surface area contributed by atoms with Crippen molar-refractivity contribution in [1.82, 2.24) is 0 Å². The van der Waals surface area contributed by atoms with Gasteiger partial charge in [0.1, 0.15) is 11.5 Å². The Morgan fingerprint density at radius 1 is 1.11 bits per heavy atom. The first-order valence-corrected chi connectivity index (χ1v) is 12.7. The number of rotatable bonds is 10. The van der Waals surface area contributed by atoms with Crippen LogP contribution in [0.15, 0.2) is 24.3 Å². The van der Waals surface area contributed by atoms with Crippen molar-refractivity contribution in [2.75, 3.05) is 13.7 Å². The minimum Gasteiger partial charge on any atom is -0.497 e. The van der Waals surface area contributed by atoms with Crippen LogP contribution in [0, 0.1) is 11.8 Å². The molecule has 1 aromatic rings. The van der Waals surface area contributed by atoms with Gasteiger partial charge in [0.2, 0.25) is 0 Å². The van der Waals surface area contributed by atoms with Crippen molar-refractivity contribution in [2.24, 2.45) is 11.8 Å². The third-order valence-corrected chi connectivity index (χ3v) is 10.3. The molecule has 0 aliphatic carbocycles. The van der Waals surface area contributed by atoms with Crippen molar-refractivity contribution in [3.05, 3.63) is 29.8 Å². The predicted octanol–water partition coefficient (Wildman–Crippen LogP) is 5.46. The Morgan fingerprint density at radius 2 is 1.67 bits per heavy atom. The number of carbonyl (C=O) groups is 1. The van der Waals surface area contributed by atoms with Crippen molar-refractivity contribution in [1.29, 1.82) is 0 Å². The van der Waals surface area contributed by atoms with Crippen molar-refractivity contribution in [2.45, 2.75) is 72.4 Å². The number of Topliss-reactive ketones (excluding diaryl/α,β-unsaturated/α-hetero) is 1. The quantitative estimate of drug-likeness (QED) is 0.494. The van der Waals surface area contributed by atoms with E-state index in [1.54, 1.807) is 14.0 Å². The molecule has 0 aliphatic rings. The summed E-state index contributed by atoms with van der Waals surface area (Å²) in [5.41, 5.74) is 1.06. The molecule has 0 bridgehead atoms. The highest BCUT2D eigenvalue weighted by molar-refractivity contribution is 6.74. The number of ketones is 1. The van der Waals surface area contributed by atoms with Gasteiger partial charge in [-0.25, -0.2) is 0 Å². The van der Waals surface area contributed by atoms with Gasteiger partial charge in [0.25, 0.3) is 0 Å². The molecule has 0 fully saturated rings. The number of ether oxygens (including phenoxy) is 2. The number of carbonyl (C=O) groups excluding carboxylic acids is 1. The lowest BCUT2D eigenvalue weighted by molar-refractivity contribution is -0.128. The molecule has 0 saturated heterocycles. The fraction of sp³-hybridized carbons (Fsp3) is 0.682. The highest BCUT2D eigenvalue weighted by Gasteiger charge is 2.38. The average molecular weight is 395 g/mol. The van der Waals surface area contributed by atoms with E-state index in [9.17, 15) is 4.79 Å². The molecule has 0 saturated carbocycles. The van der Waals surface area contributed by atoms with Crippen LogP contribution in [0.2, 0.25) is 18.1 Å². The van der Waals surface area contributed by atoms with Crippen LogP contribution in [0.25, 0.3) is 0 Å². The summed E-state index contributed by atoms with van der Waals surface area (Å²) in [7, 11) is -0.174. The van der Waals surface area contributed by atoms with Gasteiger partial charge in [-0.2, -0.15) is 0 Å². The summed E-state index contributed by atoms with van der Waals surface area (Å²) in [6.45, 7) is 18.0.